The van der Waals surface area contributed by atoms with Gasteiger partial charge in [0.05, 0.1) is 29.8 Å². The maximum Gasteiger partial charge on any atom is 0.417 e. The Morgan fingerprint density at radius 2 is 2.00 bits per heavy atom. The van der Waals surface area contributed by atoms with E-state index >= 15 is 0 Å². The molecular weight excluding hydrogens is 621 g/mol. The Morgan fingerprint density at radius 1 is 1.18 bits per heavy atom. The zero-order chi connectivity index (χ0) is 19.0. The minimum Gasteiger partial charge on any atom is -0.411 e. The molecule has 10 heteroatoms. The molecule has 0 amide bonds. The molecule has 1 aliphatic heterocycles. The Kier molecular flexibility index (Phi) is 4.87. The van der Waals surface area contributed by atoms with Gasteiger partial charge in [-0.1, -0.05) is 13.2 Å². The van der Waals surface area contributed by atoms with Crippen LogP contribution in [0, 0.1) is 5.92 Å². The minimum atomic E-state index is -4.42. The fraction of sp³-hybridized carbons (Fsp3) is 0.333. The molecule has 4 rings (SSSR count). The van der Waals surface area contributed by atoms with Crippen molar-refractivity contribution in [1.82, 2.24) is 19.4 Å². The largest absolute Gasteiger partial charge is 0.417 e. The number of hydrogen-bond acceptors (Lipinski definition) is 5. The van der Waals surface area contributed by atoms with Crippen LogP contribution in [0.4, 0.5) is 19.1 Å². The number of anilines is 1. The average molecular weight is 638 g/mol. The van der Waals surface area contributed by atoms with Crippen LogP contribution >= 0.6 is 0 Å². The number of nitrogens with zero attached hydrogens (tertiary/aromatic N) is 5. The maximum atomic E-state index is 13.1. The van der Waals surface area contributed by atoms with Gasteiger partial charge in [0.15, 0.2) is 0 Å². The van der Waals surface area contributed by atoms with Crippen LogP contribution in [-0.4, -0.2) is 45.7 Å². The van der Waals surface area contributed by atoms with E-state index in [0.717, 1.165) is 18.2 Å². The predicted octanol–water partition coefficient (Wildman–Crippen LogP) is 3.24. The summed E-state index contributed by atoms with van der Waals surface area (Å²) in [5.74, 6) is 1.67. The normalized spacial score (nSPS) is 16.1. The molecule has 0 N–H and O–H groups in total. The Labute approximate surface area is 153 Å². The monoisotopic (exact) mass is 638 g/mol. The van der Waals surface area contributed by atoms with Crippen molar-refractivity contribution in [3.63, 3.8) is 0 Å². The summed E-state index contributed by atoms with van der Waals surface area (Å²) >= 11 is 0. The van der Waals surface area contributed by atoms with Gasteiger partial charge in [0.1, 0.15) is 5.65 Å². The molecule has 0 aromatic carbocycles. The molecule has 0 aliphatic carbocycles. The molecule has 1 radical (unpaired) electrons. The first-order valence-electron chi connectivity index (χ1n) is 8.43. The summed E-state index contributed by atoms with van der Waals surface area (Å²) in [5, 5.41) is 0. The third kappa shape index (κ3) is 3.57. The number of halogens is 3. The van der Waals surface area contributed by atoms with Crippen LogP contribution < -0.4 is 4.90 Å². The van der Waals surface area contributed by atoms with Gasteiger partial charge in [0.25, 0.3) is 0 Å². The van der Waals surface area contributed by atoms with Crippen molar-refractivity contribution in [3.8, 4) is 11.4 Å². The number of alkyl halides is 3. The van der Waals surface area contributed by atoms with Gasteiger partial charge < -0.3 is 9.64 Å². The van der Waals surface area contributed by atoms with Crippen molar-refractivity contribution < 1.29 is 17.9 Å². The molecule has 0 saturated carbocycles. The third-order valence-corrected chi connectivity index (χ3v) is 4.34. The van der Waals surface area contributed by atoms with Gasteiger partial charge in [-0.05, 0) is 18.2 Å². The quantitative estimate of drug-likeness (QED) is 0.404. The summed E-state index contributed by atoms with van der Waals surface area (Å²) in [6, 6.07) is 4.03. The summed E-state index contributed by atoms with van der Waals surface area (Å²) in [6.45, 7) is 4.49. The van der Waals surface area contributed by atoms with Crippen LogP contribution in [-0.2, 0) is 10.9 Å². The fourth-order valence-corrected chi connectivity index (χ4v) is 3.02. The molecule has 1 saturated heterocycles. The SMILES string of the molecule is C[C-]1COCCN(c2nccc(-c3cnc4ccc(C(F)(F)F)cn34)n2)C1.[Lr]. The topological polar surface area (TPSA) is 55.5 Å². The van der Waals surface area contributed by atoms with E-state index in [2.05, 4.69) is 15.0 Å². The van der Waals surface area contributed by atoms with Gasteiger partial charge in [0.2, 0.25) is 5.95 Å². The van der Waals surface area contributed by atoms with E-state index in [4.69, 9.17) is 4.74 Å². The number of pyridine rings is 1. The summed E-state index contributed by atoms with van der Waals surface area (Å²) in [5.41, 5.74) is 0.671. The van der Waals surface area contributed by atoms with Crippen molar-refractivity contribution >= 4 is 11.6 Å². The maximum absolute atomic E-state index is 13.1. The zero-order valence-electron chi connectivity index (χ0n) is 14.8. The first-order chi connectivity index (χ1) is 12.9. The molecule has 157 valence electrons. The molecule has 0 bridgehead atoms. The van der Waals surface area contributed by atoms with E-state index < -0.39 is 11.7 Å². The molecular formula is C18H17F3LrN5O-. The van der Waals surface area contributed by atoms with E-state index in [0.29, 0.717) is 49.3 Å². The van der Waals surface area contributed by atoms with Crippen molar-refractivity contribution in [2.75, 3.05) is 31.2 Å². The molecule has 0 atom stereocenters. The number of imidazole rings is 1. The van der Waals surface area contributed by atoms with E-state index in [-0.39, 0.29) is 0 Å². The Hall–Kier alpha value is -3.68. The van der Waals surface area contributed by atoms with Crippen molar-refractivity contribution in [2.45, 2.75) is 13.1 Å². The number of rotatable bonds is 2. The van der Waals surface area contributed by atoms with E-state index in [1.165, 1.54) is 16.7 Å². The standard InChI is InChI=1S/C18H17F3N5O.Lr/c1-12-9-25(6-7-27-11-12)17-22-5-4-14(24-17)15-8-23-16-3-2-13(10-26(15)16)18(19,20)21;/h2-5,8,10H,6-7,9,11H2,1H3;/q-1;. The van der Waals surface area contributed by atoms with E-state index in [1.54, 1.807) is 12.3 Å². The van der Waals surface area contributed by atoms with Crippen LogP contribution in [0.1, 0.15) is 12.5 Å². The number of aromatic nitrogens is 4. The van der Waals surface area contributed by atoms with Crippen LogP contribution in [0.25, 0.3) is 17.0 Å². The molecule has 1 fully saturated rings. The predicted molar refractivity (Wildman–Crippen MR) is 93.2 cm³/mol. The Balaban J connectivity index is 0.00000225. The van der Waals surface area contributed by atoms with Gasteiger partial charge in [-0.2, -0.15) is 20.1 Å². The molecule has 3 aromatic heterocycles. The van der Waals surface area contributed by atoms with Gasteiger partial charge in [-0.3, -0.25) is 10.3 Å². The summed E-state index contributed by atoms with van der Waals surface area (Å²) in [7, 11) is 0. The number of hydrogen-bond donors (Lipinski definition) is 0. The first kappa shape index (κ1) is 19.1. The Morgan fingerprint density at radius 3 is 2.79 bits per heavy atom. The fourth-order valence-electron chi connectivity index (χ4n) is 3.02. The molecule has 4 heterocycles. The minimum absolute atomic E-state index is 0. The van der Waals surface area contributed by atoms with Gasteiger partial charge in [0, 0.05) is 18.9 Å². The van der Waals surface area contributed by atoms with E-state index in [9.17, 15) is 13.2 Å². The van der Waals surface area contributed by atoms with Gasteiger partial charge in [-0.25, -0.2) is 15.0 Å². The van der Waals surface area contributed by atoms with Crippen molar-refractivity contribution in [3.05, 3.63) is 48.3 Å². The van der Waals surface area contributed by atoms with Crippen LogP contribution in [0.3, 0.4) is 0 Å². The third-order valence-electron chi connectivity index (χ3n) is 4.34. The summed E-state index contributed by atoms with van der Waals surface area (Å²) < 4.78 is 46.1. The zero-order valence-corrected chi connectivity index (χ0v) is 17.0. The van der Waals surface area contributed by atoms with Gasteiger partial charge in [-0.15, -0.1) is 0 Å². The van der Waals surface area contributed by atoms with Crippen LogP contribution in [0.15, 0.2) is 36.8 Å². The molecule has 0 unspecified atom stereocenters. The second kappa shape index (κ2) is 7.15. The van der Waals surface area contributed by atoms with Crippen LogP contribution in [0.2, 0.25) is 0 Å². The second-order valence-electron chi connectivity index (χ2n) is 6.46. The first-order valence-corrected chi connectivity index (χ1v) is 8.43. The van der Waals surface area contributed by atoms with E-state index in [1.807, 2.05) is 11.8 Å². The van der Waals surface area contributed by atoms with Crippen molar-refractivity contribution in [1.29, 1.82) is 0 Å². The second-order valence-corrected chi connectivity index (χ2v) is 6.46. The average Bonchev–Trinajstić information content (AvgIpc) is 2.94. The van der Waals surface area contributed by atoms with Crippen LogP contribution in [0.5, 0.6) is 0 Å². The number of fused-ring (bicyclic) bond motifs is 1. The summed E-state index contributed by atoms with van der Waals surface area (Å²) in [6.07, 6.45) is -0.264. The smallest absolute Gasteiger partial charge is 0.411 e. The molecule has 1 aliphatic rings. The van der Waals surface area contributed by atoms with Crippen molar-refractivity contribution in [2.24, 2.45) is 0 Å². The summed E-state index contributed by atoms with van der Waals surface area (Å²) in [4.78, 5) is 15.1. The van der Waals surface area contributed by atoms with Gasteiger partial charge >= 0.3 is 6.18 Å². The molecule has 3 aromatic rings. The Bertz CT molecular complexity index is 962. The molecule has 6 nitrogen and oxygen atoms in total. The molecule has 0 spiro atoms. The number of ether oxygens (including phenoxy) is 1. The molecule has 28 heavy (non-hydrogen) atoms.